The molecule has 0 heterocycles. The maximum absolute atomic E-state index is 3.47. The van der Waals surface area contributed by atoms with E-state index in [1.54, 1.807) is 0 Å². The maximum Gasteiger partial charge on any atom is 0.00357 e. The average molecular weight is 236 g/mol. The monoisotopic (exact) mass is 235 g/mol. The Bertz CT molecular complexity index is 95.8. The third-order valence-corrected chi connectivity index (χ3v) is 2.89. The van der Waals surface area contributed by atoms with Gasteiger partial charge in [-0.25, -0.2) is 0 Å². The molecule has 12 heavy (non-hydrogen) atoms. The van der Waals surface area contributed by atoms with Crippen molar-refractivity contribution in [2.24, 2.45) is 5.92 Å². The SMILES string of the molecule is CN[C@H](C)CCCC(C)CCBr. The molecular weight excluding hydrogens is 214 g/mol. The summed E-state index contributed by atoms with van der Waals surface area (Å²) in [7, 11) is 2.03. The van der Waals surface area contributed by atoms with E-state index < -0.39 is 0 Å². The smallest absolute Gasteiger partial charge is 0.00357 e. The number of hydrogen-bond acceptors (Lipinski definition) is 1. The second-order valence-electron chi connectivity index (χ2n) is 3.70. The van der Waals surface area contributed by atoms with Crippen molar-refractivity contribution in [3.05, 3.63) is 0 Å². The first kappa shape index (κ1) is 12.4. The molecule has 0 aromatic heterocycles. The summed E-state index contributed by atoms with van der Waals surface area (Å²) < 4.78 is 0. The Morgan fingerprint density at radius 2 is 1.83 bits per heavy atom. The molecule has 1 unspecified atom stereocenters. The Morgan fingerprint density at radius 1 is 1.17 bits per heavy atom. The van der Waals surface area contributed by atoms with Crippen LogP contribution >= 0.6 is 15.9 Å². The standard InChI is InChI=1S/C10H22BrN/c1-9(7-8-11)5-4-6-10(2)12-3/h9-10,12H,4-8H2,1-3H3/t9?,10-/m1/s1. The molecule has 0 bridgehead atoms. The minimum Gasteiger partial charge on any atom is -0.317 e. The summed E-state index contributed by atoms with van der Waals surface area (Å²) in [5.41, 5.74) is 0. The molecule has 0 spiro atoms. The lowest BCUT2D eigenvalue weighted by Gasteiger charge is -2.12. The molecule has 2 atom stereocenters. The number of hydrogen-bond donors (Lipinski definition) is 1. The number of nitrogens with one attached hydrogen (secondary N) is 1. The molecule has 0 aromatic carbocycles. The van der Waals surface area contributed by atoms with Crippen LogP contribution in [0.5, 0.6) is 0 Å². The van der Waals surface area contributed by atoms with Crippen molar-refractivity contribution < 1.29 is 0 Å². The fourth-order valence-electron chi connectivity index (χ4n) is 1.25. The van der Waals surface area contributed by atoms with Gasteiger partial charge in [0.25, 0.3) is 0 Å². The first-order valence-corrected chi connectivity index (χ1v) is 6.06. The third-order valence-electron chi connectivity index (χ3n) is 2.43. The number of alkyl halides is 1. The molecule has 0 aliphatic heterocycles. The minimum absolute atomic E-state index is 0.682. The zero-order chi connectivity index (χ0) is 9.40. The van der Waals surface area contributed by atoms with Crippen molar-refractivity contribution in [1.29, 1.82) is 0 Å². The van der Waals surface area contributed by atoms with Crippen molar-refractivity contribution in [3.8, 4) is 0 Å². The average Bonchev–Trinajstić information content (AvgIpc) is 2.04. The first-order valence-electron chi connectivity index (χ1n) is 4.94. The van der Waals surface area contributed by atoms with Crippen LogP contribution < -0.4 is 5.32 Å². The molecule has 74 valence electrons. The van der Waals surface area contributed by atoms with Crippen LogP contribution in [0.15, 0.2) is 0 Å². The zero-order valence-electron chi connectivity index (χ0n) is 8.57. The summed E-state index contributed by atoms with van der Waals surface area (Å²) in [5.74, 6) is 0.883. The summed E-state index contributed by atoms with van der Waals surface area (Å²) in [6.45, 7) is 4.58. The Labute approximate surface area is 85.4 Å². The molecule has 1 N–H and O–H groups in total. The van der Waals surface area contributed by atoms with Gasteiger partial charge in [0, 0.05) is 11.4 Å². The molecule has 1 nitrogen and oxygen atoms in total. The molecule has 0 aliphatic rings. The van der Waals surface area contributed by atoms with Gasteiger partial charge in [0.2, 0.25) is 0 Å². The fourth-order valence-corrected chi connectivity index (χ4v) is 2.03. The fraction of sp³-hybridized carbons (Fsp3) is 1.00. The lowest BCUT2D eigenvalue weighted by molar-refractivity contribution is 0.453. The van der Waals surface area contributed by atoms with E-state index in [-0.39, 0.29) is 0 Å². The van der Waals surface area contributed by atoms with E-state index in [0.29, 0.717) is 6.04 Å². The van der Waals surface area contributed by atoms with E-state index in [2.05, 4.69) is 35.1 Å². The van der Waals surface area contributed by atoms with E-state index in [9.17, 15) is 0 Å². The lowest BCUT2D eigenvalue weighted by atomic mass is 10.00. The molecule has 0 saturated carbocycles. The largest absolute Gasteiger partial charge is 0.317 e. The molecule has 0 amide bonds. The van der Waals surface area contributed by atoms with Crippen LogP contribution in [0.3, 0.4) is 0 Å². The van der Waals surface area contributed by atoms with Crippen molar-refractivity contribution in [2.45, 2.75) is 45.6 Å². The summed E-state index contributed by atoms with van der Waals surface area (Å²) >= 11 is 3.47. The third kappa shape index (κ3) is 7.11. The number of rotatable bonds is 7. The predicted molar refractivity (Wildman–Crippen MR) is 59.9 cm³/mol. The molecular formula is C10H22BrN. The minimum atomic E-state index is 0.682. The highest BCUT2D eigenvalue weighted by Gasteiger charge is 2.02. The lowest BCUT2D eigenvalue weighted by Crippen LogP contribution is -2.20. The van der Waals surface area contributed by atoms with E-state index in [4.69, 9.17) is 0 Å². The second-order valence-corrected chi connectivity index (χ2v) is 4.50. The van der Waals surface area contributed by atoms with Crippen LogP contribution in [-0.4, -0.2) is 18.4 Å². The zero-order valence-corrected chi connectivity index (χ0v) is 10.2. The number of halogens is 1. The summed E-state index contributed by atoms with van der Waals surface area (Å²) in [6.07, 6.45) is 5.35. The normalized spacial score (nSPS) is 16.0. The van der Waals surface area contributed by atoms with Crippen LogP contribution in [0, 0.1) is 5.92 Å². The Kier molecular flexibility index (Phi) is 8.35. The molecule has 0 fully saturated rings. The molecule has 0 aromatic rings. The van der Waals surface area contributed by atoms with Gasteiger partial charge in [-0.3, -0.25) is 0 Å². The Hall–Kier alpha value is 0.440. The summed E-state index contributed by atoms with van der Waals surface area (Å²) in [4.78, 5) is 0. The van der Waals surface area contributed by atoms with Crippen LogP contribution in [-0.2, 0) is 0 Å². The topological polar surface area (TPSA) is 12.0 Å². The van der Waals surface area contributed by atoms with E-state index in [1.807, 2.05) is 7.05 Å². The highest BCUT2D eigenvalue weighted by Crippen LogP contribution is 2.13. The van der Waals surface area contributed by atoms with Gasteiger partial charge in [-0.1, -0.05) is 35.7 Å². The van der Waals surface area contributed by atoms with Crippen LogP contribution in [0.4, 0.5) is 0 Å². The van der Waals surface area contributed by atoms with E-state index in [0.717, 1.165) is 11.2 Å². The van der Waals surface area contributed by atoms with Crippen molar-refractivity contribution in [1.82, 2.24) is 5.32 Å². The van der Waals surface area contributed by atoms with Gasteiger partial charge < -0.3 is 5.32 Å². The van der Waals surface area contributed by atoms with E-state index >= 15 is 0 Å². The maximum atomic E-state index is 3.47. The first-order chi connectivity index (χ1) is 5.70. The van der Waals surface area contributed by atoms with E-state index in [1.165, 1.54) is 25.7 Å². The summed E-state index contributed by atoms with van der Waals surface area (Å²) in [6, 6.07) is 0.682. The molecule has 0 aliphatic carbocycles. The van der Waals surface area contributed by atoms with Crippen molar-refractivity contribution in [3.63, 3.8) is 0 Å². The van der Waals surface area contributed by atoms with Gasteiger partial charge in [0.05, 0.1) is 0 Å². The van der Waals surface area contributed by atoms with Crippen LogP contribution in [0.1, 0.15) is 39.5 Å². The van der Waals surface area contributed by atoms with Gasteiger partial charge in [0.15, 0.2) is 0 Å². The second kappa shape index (κ2) is 8.06. The Morgan fingerprint density at radius 3 is 2.33 bits per heavy atom. The van der Waals surface area contributed by atoms with Crippen LogP contribution in [0.2, 0.25) is 0 Å². The van der Waals surface area contributed by atoms with Gasteiger partial charge in [0.1, 0.15) is 0 Å². The van der Waals surface area contributed by atoms with Crippen molar-refractivity contribution in [2.75, 3.05) is 12.4 Å². The molecule has 0 saturated heterocycles. The van der Waals surface area contributed by atoms with Gasteiger partial charge in [-0.2, -0.15) is 0 Å². The summed E-state index contributed by atoms with van der Waals surface area (Å²) in [5, 5.41) is 4.41. The highest BCUT2D eigenvalue weighted by molar-refractivity contribution is 9.09. The molecule has 2 heteroatoms. The van der Waals surface area contributed by atoms with Crippen LogP contribution in [0.25, 0.3) is 0 Å². The molecule has 0 radical (unpaired) electrons. The predicted octanol–water partition coefficient (Wildman–Crippen LogP) is 3.19. The van der Waals surface area contributed by atoms with Gasteiger partial charge in [-0.05, 0) is 32.7 Å². The quantitative estimate of drug-likeness (QED) is 0.669. The van der Waals surface area contributed by atoms with Crippen molar-refractivity contribution >= 4 is 15.9 Å². The Balaban J connectivity index is 3.18. The van der Waals surface area contributed by atoms with Gasteiger partial charge in [-0.15, -0.1) is 0 Å². The highest BCUT2D eigenvalue weighted by atomic mass is 79.9. The van der Waals surface area contributed by atoms with Gasteiger partial charge >= 0.3 is 0 Å². The molecule has 0 rings (SSSR count).